The molecule has 0 aliphatic rings. The summed E-state index contributed by atoms with van der Waals surface area (Å²) in [6.07, 6.45) is -4.84. The molecule has 0 aromatic heterocycles. The lowest BCUT2D eigenvalue weighted by Crippen LogP contribution is -2.18. The zero-order valence-electron chi connectivity index (χ0n) is 11.2. The van der Waals surface area contributed by atoms with Crippen LogP contribution < -0.4 is 9.47 Å². The molecule has 0 amide bonds. The molecule has 0 aliphatic heterocycles. The van der Waals surface area contributed by atoms with Crippen LogP contribution in [0, 0.1) is 0 Å². The first-order valence-corrected chi connectivity index (χ1v) is 7.04. The van der Waals surface area contributed by atoms with Crippen LogP contribution in [-0.4, -0.2) is 11.5 Å². The van der Waals surface area contributed by atoms with E-state index < -0.39 is 18.7 Å². The Labute approximate surface area is 133 Å². The Bertz CT molecular complexity index is 630. The van der Waals surface area contributed by atoms with Crippen LogP contribution in [0.5, 0.6) is 11.5 Å². The number of aliphatic hydroxyl groups excluding tert-OH is 1. The van der Waals surface area contributed by atoms with Crippen molar-refractivity contribution >= 4 is 15.9 Å². The number of aliphatic hydroxyl groups is 1. The number of hydrogen-bond acceptors (Lipinski definition) is 3. The van der Waals surface area contributed by atoms with Crippen molar-refractivity contribution in [2.45, 2.75) is 19.6 Å². The van der Waals surface area contributed by atoms with Crippen LogP contribution in [0.15, 0.2) is 46.9 Å². The second-order valence-electron chi connectivity index (χ2n) is 4.37. The lowest BCUT2D eigenvalue weighted by molar-refractivity contribution is -0.275. The molecule has 0 spiro atoms. The maximum Gasteiger partial charge on any atom is 0.573 e. The molecule has 0 atom stereocenters. The highest BCUT2D eigenvalue weighted by Crippen LogP contribution is 2.36. The van der Waals surface area contributed by atoms with Gasteiger partial charge in [-0.1, -0.05) is 30.3 Å². The van der Waals surface area contributed by atoms with Crippen molar-refractivity contribution in [1.82, 2.24) is 0 Å². The van der Waals surface area contributed by atoms with Gasteiger partial charge in [0.15, 0.2) is 0 Å². The molecule has 2 aromatic carbocycles. The molecule has 0 radical (unpaired) electrons. The van der Waals surface area contributed by atoms with Gasteiger partial charge in [-0.15, -0.1) is 13.2 Å². The Kier molecular flexibility index (Phi) is 5.31. The fourth-order valence-corrected chi connectivity index (χ4v) is 2.27. The average Bonchev–Trinajstić information content (AvgIpc) is 2.47. The summed E-state index contributed by atoms with van der Waals surface area (Å²) < 4.78 is 47.0. The minimum atomic E-state index is -4.84. The molecule has 1 N–H and O–H groups in total. The van der Waals surface area contributed by atoms with E-state index in [0.717, 1.165) is 11.6 Å². The van der Waals surface area contributed by atoms with Crippen LogP contribution in [0.1, 0.15) is 11.1 Å². The molecule has 7 heteroatoms. The van der Waals surface area contributed by atoms with E-state index in [1.54, 1.807) is 0 Å². The second kappa shape index (κ2) is 7.02. The van der Waals surface area contributed by atoms with Gasteiger partial charge in [-0.05, 0) is 27.6 Å². The molecular weight excluding hydrogens is 365 g/mol. The molecular formula is C15H12BrF3O3. The van der Waals surface area contributed by atoms with Crippen LogP contribution in [0.25, 0.3) is 0 Å². The molecule has 3 nitrogen and oxygen atoms in total. The predicted molar refractivity (Wildman–Crippen MR) is 77.5 cm³/mol. The maximum absolute atomic E-state index is 12.4. The standard InChI is InChI=1S/C15H12BrF3O3/c16-12-6-11(8-20)13(22-15(17,18)19)7-14(12)21-9-10-4-2-1-3-5-10/h1-7,20H,8-9H2. The molecule has 118 valence electrons. The minimum absolute atomic E-state index is 0.0104. The van der Waals surface area contributed by atoms with Crippen LogP contribution in [0.4, 0.5) is 13.2 Å². The van der Waals surface area contributed by atoms with E-state index in [4.69, 9.17) is 9.84 Å². The summed E-state index contributed by atoms with van der Waals surface area (Å²) >= 11 is 3.20. The molecule has 2 aromatic rings. The van der Waals surface area contributed by atoms with Crippen molar-refractivity contribution in [3.63, 3.8) is 0 Å². The molecule has 0 saturated heterocycles. The van der Waals surface area contributed by atoms with E-state index in [-0.39, 0.29) is 17.9 Å². The van der Waals surface area contributed by atoms with E-state index in [1.165, 1.54) is 6.07 Å². The Balaban J connectivity index is 2.22. The highest BCUT2D eigenvalue weighted by molar-refractivity contribution is 9.10. The number of rotatable bonds is 5. The van der Waals surface area contributed by atoms with Crippen LogP contribution in [-0.2, 0) is 13.2 Å². The molecule has 22 heavy (non-hydrogen) atoms. The van der Waals surface area contributed by atoms with Crippen molar-refractivity contribution in [2.24, 2.45) is 0 Å². The van der Waals surface area contributed by atoms with E-state index in [9.17, 15) is 13.2 Å². The van der Waals surface area contributed by atoms with Gasteiger partial charge in [-0.2, -0.15) is 0 Å². The first-order chi connectivity index (χ1) is 10.4. The topological polar surface area (TPSA) is 38.7 Å². The summed E-state index contributed by atoms with van der Waals surface area (Å²) in [7, 11) is 0. The van der Waals surface area contributed by atoms with Crippen molar-refractivity contribution in [1.29, 1.82) is 0 Å². The third-order valence-corrected chi connectivity index (χ3v) is 3.37. The highest BCUT2D eigenvalue weighted by Gasteiger charge is 2.32. The predicted octanol–water partition coefficient (Wildman–Crippen LogP) is 4.42. The Morgan fingerprint density at radius 3 is 2.32 bits per heavy atom. The van der Waals surface area contributed by atoms with Gasteiger partial charge in [0.2, 0.25) is 0 Å². The number of hydrogen-bond donors (Lipinski definition) is 1. The minimum Gasteiger partial charge on any atom is -0.488 e. The summed E-state index contributed by atoms with van der Waals surface area (Å²) in [6.45, 7) is -0.383. The van der Waals surface area contributed by atoms with Gasteiger partial charge in [0.05, 0.1) is 11.1 Å². The number of benzene rings is 2. The molecule has 0 unspecified atom stereocenters. The summed E-state index contributed by atoms with van der Waals surface area (Å²) in [5.74, 6) is -0.290. The third kappa shape index (κ3) is 4.64. The quantitative estimate of drug-likeness (QED) is 0.839. The fraction of sp³-hybridized carbons (Fsp3) is 0.200. The van der Waals surface area contributed by atoms with E-state index in [1.807, 2.05) is 30.3 Å². The first kappa shape index (κ1) is 16.6. The Morgan fingerprint density at radius 1 is 1.05 bits per heavy atom. The molecule has 0 aliphatic carbocycles. The highest BCUT2D eigenvalue weighted by atomic mass is 79.9. The number of halogens is 4. The van der Waals surface area contributed by atoms with Gasteiger partial charge in [-0.25, -0.2) is 0 Å². The molecule has 2 rings (SSSR count). The summed E-state index contributed by atoms with van der Waals surface area (Å²) in [5.41, 5.74) is 0.884. The van der Waals surface area contributed by atoms with Gasteiger partial charge in [-0.3, -0.25) is 0 Å². The van der Waals surface area contributed by atoms with Crippen LogP contribution in [0.2, 0.25) is 0 Å². The van der Waals surface area contributed by atoms with Crippen molar-refractivity contribution < 1.29 is 27.8 Å². The van der Waals surface area contributed by atoms with Gasteiger partial charge < -0.3 is 14.6 Å². The normalized spacial score (nSPS) is 11.3. The Morgan fingerprint density at radius 2 is 1.73 bits per heavy atom. The van der Waals surface area contributed by atoms with Gasteiger partial charge in [0.1, 0.15) is 18.1 Å². The molecule has 0 heterocycles. The largest absolute Gasteiger partial charge is 0.573 e. The smallest absolute Gasteiger partial charge is 0.488 e. The summed E-state index contributed by atoms with van der Waals surface area (Å²) in [6, 6.07) is 11.6. The fourth-order valence-electron chi connectivity index (χ4n) is 1.77. The van der Waals surface area contributed by atoms with Gasteiger partial charge in [0, 0.05) is 11.6 Å². The van der Waals surface area contributed by atoms with Gasteiger partial charge in [0.25, 0.3) is 0 Å². The monoisotopic (exact) mass is 376 g/mol. The van der Waals surface area contributed by atoms with Gasteiger partial charge >= 0.3 is 6.36 Å². The van der Waals surface area contributed by atoms with E-state index in [0.29, 0.717) is 4.47 Å². The van der Waals surface area contributed by atoms with E-state index in [2.05, 4.69) is 20.7 Å². The van der Waals surface area contributed by atoms with Crippen molar-refractivity contribution in [3.05, 3.63) is 58.1 Å². The second-order valence-corrected chi connectivity index (χ2v) is 5.22. The van der Waals surface area contributed by atoms with Crippen LogP contribution in [0.3, 0.4) is 0 Å². The first-order valence-electron chi connectivity index (χ1n) is 6.25. The van der Waals surface area contributed by atoms with Crippen molar-refractivity contribution in [2.75, 3.05) is 0 Å². The molecule has 0 saturated carbocycles. The Hall–Kier alpha value is -1.73. The maximum atomic E-state index is 12.4. The van der Waals surface area contributed by atoms with E-state index >= 15 is 0 Å². The summed E-state index contributed by atoms with van der Waals surface area (Å²) in [4.78, 5) is 0. The average molecular weight is 377 g/mol. The van der Waals surface area contributed by atoms with Crippen molar-refractivity contribution in [3.8, 4) is 11.5 Å². The SMILES string of the molecule is OCc1cc(Br)c(OCc2ccccc2)cc1OC(F)(F)F. The zero-order chi connectivity index (χ0) is 16.2. The molecule has 0 fully saturated rings. The molecule has 0 bridgehead atoms. The number of alkyl halides is 3. The lowest BCUT2D eigenvalue weighted by atomic mass is 10.2. The number of ether oxygens (including phenoxy) is 2. The lowest BCUT2D eigenvalue weighted by Gasteiger charge is -2.15. The zero-order valence-corrected chi connectivity index (χ0v) is 12.8. The summed E-state index contributed by atoms with van der Waals surface area (Å²) in [5, 5.41) is 9.13. The third-order valence-electron chi connectivity index (χ3n) is 2.75. The van der Waals surface area contributed by atoms with Crippen LogP contribution >= 0.6 is 15.9 Å².